The molecule has 1 aromatic rings. The van der Waals surface area contributed by atoms with Crippen LogP contribution in [-0.4, -0.2) is 19.8 Å². The first-order valence-electron chi connectivity index (χ1n) is 6.15. The molecule has 1 atom stereocenters. The largest absolute Gasteiger partial charge is 0.493 e. The quantitative estimate of drug-likeness (QED) is 0.862. The third-order valence-corrected chi connectivity index (χ3v) is 3.65. The molecule has 0 aromatic heterocycles. The van der Waals surface area contributed by atoms with Crippen molar-refractivity contribution >= 4 is 15.9 Å². The van der Waals surface area contributed by atoms with Gasteiger partial charge >= 0.3 is 0 Å². The third kappa shape index (κ3) is 2.81. The summed E-state index contributed by atoms with van der Waals surface area (Å²) in [5.74, 6) is 1.66. The van der Waals surface area contributed by atoms with Crippen molar-refractivity contribution in [3.8, 4) is 11.5 Å². The molecule has 0 amide bonds. The van der Waals surface area contributed by atoms with Crippen LogP contribution in [0.1, 0.15) is 26.3 Å². The zero-order valence-electron chi connectivity index (χ0n) is 11.3. The first-order chi connectivity index (χ1) is 8.41. The number of ether oxygens (including phenoxy) is 2. The van der Waals surface area contributed by atoms with Crippen LogP contribution in [-0.2, 0) is 6.54 Å². The van der Waals surface area contributed by atoms with Crippen molar-refractivity contribution in [2.75, 3.05) is 13.7 Å². The molecule has 0 saturated carbocycles. The molecule has 100 valence electrons. The van der Waals surface area contributed by atoms with Crippen LogP contribution in [0.4, 0.5) is 0 Å². The predicted molar refractivity (Wildman–Crippen MR) is 76.3 cm³/mol. The second-order valence-electron chi connectivity index (χ2n) is 5.70. The molecule has 0 radical (unpaired) electrons. The van der Waals surface area contributed by atoms with E-state index in [1.807, 2.05) is 6.07 Å². The molecule has 1 aliphatic rings. The van der Waals surface area contributed by atoms with E-state index >= 15 is 0 Å². The zero-order valence-corrected chi connectivity index (χ0v) is 12.9. The third-order valence-electron chi connectivity index (χ3n) is 3.19. The fourth-order valence-electron chi connectivity index (χ4n) is 2.04. The van der Waals surface area contributed by atoms with Gasteiger partial charge in [0.1, 0.15) is 6.10 Å². The van der Waals surface area contributed by atoms with Crippen LogP contribution in [0, 0.1) is 5.41 Å². The van der Waals surface area contributed by atoms with E-state index in [1.165, 1.54) is 0 Å². The molecule has 0 saturated heterocycles. The Bertz CT molecular complexity index is 440. The average molecular weight is 314 g/mol. The van der Waals surface area contributed by atoms with Crippen LogP contribution in [0.3, 0.4) is 0 Å². The predicted octanol–water partition coefficient (Wildman–Crippen LogP) is 3.35. The first-order valence-corrected chi connectivity index (χ1v) is 6.95. The molecule has 2 rings (SSSR count). The SMILES string of the molecule is COc1cc(Br)cc2c1OC(C(C)(C)C)CNC2. The van der Waals surface area contributed by atoms with Crippen LogP contribution < -0.4 is 14.8 Å². The Morgan fingerprint density at radius 1 is 1.39 bits per heavy atom. The van der Waals surface area contributed by atoms with E-state index in [0.29, 0.717) is 0 Å². The molecular weight excluding hydrogens is 294 g/mol. The van der Waals surface area contributed by atoms with Gasteiger partial charge in [-0.2, -0.15) is 0 Å². The number of rotatable bonds is 1. The minimum absolute atomic E-state index is 0.0900. The lowest BCUT2D eigenvalue weighted by molar-refractivity contribution is 0.0882. The highest BCUT2D eigenvalue weighted by Gasteiger charge is 2.30. The van der Waals surface area contributed by atoms with E-state index in [2.05, 4.69) is 48.1 Å². The average Bonchev–Trinajstić information content (AvgIpc) is 2.49. The van der Waals surface area contributed by atoms with Gasteiger partial charge in [-0.3, -0.25) is 0 Å². The molecule has 0 bridgehead atoms. The van der Waals surface area contributed by atoms with E-state index < -0.39 is 0 Å². The smallest absolute Gasteiger partial charge is 0.166 e. The highest BCUT2D eigenvalue weighted by atomic mass is 79.9. The normalized spacial score (nSPS) is 19.7. The van der Waals surface area contributed by atoms with Gasteiger partial charge in [0.15, 0.2) is 11.5 Å². The van der Waals surface area contributed by atoms with Crippen molar-refractivity contribution < 1.29 is 9.47 Å². The topological polar surface area (TPSA) is 30.5 Å². The maximum Gasteiger partial charge on any atom is 0.166 e. The van der Waals surface area contributed by atoms with Gasteiger partial charge in [-0.05, 0) is 12.1 Å². The minimum Gasteiger partial charge on any atom is -0.493 e. The molecule has 18 heavy (non-hydrogen) atoms. The number of fused-ring (bicyclic) bond motifs is 1. The van der Waals surface area contributed by atoms with Gasteiger partial charge in [-0.1, -0.05) is 36.7 Å². The molecule has 1 aromatic carbocycles. The van der Waals surface area contributed by atoms with E-state index in [0.717, 1.165) is 34.6 Å². The molecule has 1 unspecified atom stereocenters. The highest BCUT2D eigenvalue weighted by Crippen LogP contribution is 2.38. The monoisotopic (exact) mass is 313 g/mol. The van der Waals surface area contributed by atoms with Crippen LogP contribution in [0.2, 0.25) is 0 Å². The summed E-state index contributed by atoms with van der Waals surface area (Å²) in [6.45, 7) is 8.22. The van der Waals surface area contributed by atoms with Gasteiger partial charge in [0, 0.05) is 28.5 Å². The maximum absolute atomic E-state index is 6.19. The summed E-state index contributed by atoms with van der Waals surface area (Å²) >= 11 is 3.50. The number of benzene rings is 1. The van der Waals surface area contributed by atoms with E-state index in [9.17, 15) is 0 Å². The summed E-state index contributed by atoms with van der Waals surface area (Å²) in [6.07, 6.45) is 0.133. The molecule has 3 nitrogen and oxygen atoms in total. The lowest BCUT2D eigenvalue weighted by atomic mass is 9.89. The summed E-state index contributed by atoms with van der Waals surface area (Å²) in [5.41, 5.74) is 1.22. The number of methoxy groups -OCH3 is 1. The first kappa shape index (κ1) is 13.7. The fourth-order valence-corrected chi connectivity index (χ4v) is 2.53. The summed E-state index contributed by atoms with van der Waals surface area (Å²) in [7, 11) is 1.68. The molecule has 4 heteroatoms. The Morgan fingerprint density at radius 2 is 2.11 bits per heavy atom. The molecular formula is C14H20BrNO2. The van der Waals surface area contributed by atoms with Gasteiger partial charge < -0.3 is 14.8 Å². The zero-order chi connectivity index (χ0) is 13.3. The fraction of sp³-hybridized carbons (Fsp3) is 0.571. The Morgan fingerprint density at radius 3 is 2.72 bits per heavy atom. The Hall–Kier alpha value is -0.740. The Labute approximate surface area is 117 Å². The van der Waals surface area contributed by atoms with E-state index in [-0.39, 0.29) is 11.5 Å². The lowest BCUT2D eigenvalue weighted by Crippen LogP contribution is -2.39. The van der Waals surface area contributed by atoms with Crippen molar-refractivity contribution in [3.63, 3.8) is 0 Å². The Balaban J connectivity index is 2.41. The Kier molecular flexibility index (Phi) is 3.87. The second-order valence-corrected chi connectivity index (χ2v) is 6.62. The maximum atomic E-state index is 6.19. The van der Waals surface area contributed by atoms with Crippen LogP contribution in [0.25, 0.3) is 0 Å². The van der Waals surface area contributed by atoms with Gasteiger partial charge in [0.2, 0.25) is 0 Å². The molecule has 0 aliphatic carbocycles. The van der Waals surface area contributed by atoms with Crippen molar-refractivity contribution in [2.24, 2.45) is 5.41 Å². The molecule has 1 heterocycles. The van der Waals surface area contributed by atoms with Crippen molar-refractivity contribution in [1.82, 2.24) is 5.32 Å². The molecule has 0 fully saturated rings. The number of hydrogen-bond donors (Lipinski definition) is 1. The van der Waals surface area contributed by atoms with Gasteiger partial charge in [0.25, 0.3) is 0 Å². The highest BCUT2D eigenvalue weighted by molar-refractivity contribution is 9.10. The number of nitrogens with one attached hydrogen (secondary N) is 1. The molecule has 0 spiro atoms. The van der Waals surface area contributed by atoms with Gasteiger partial charge in [0.05, 0.1) is 7.11 Å². The summed E-state index contributed by atoms with van der Waals surface area (Å²) in [5, 5.41) is 3.44. The van der Waals surface area contributed by atoms with Gasteiger partial charge in [-0.25, -0.2) is 0 Å². The second kappa shape index (κ2) is 5.10. The lowest BCUT2D eigenvalue weighted by Gasteiger charge is -2.30. The van der Waals surface area contributed by atoms with E-state index in [4.69, 9.17) is 9.47 Å². The van der Waals surface area contributed by atoms with Crippen LogP contribution >= 0.6 is 15.9 Å². The van der Waals surface area contributed by atoms with Crippen molar-refractivity contribution in [2.45, 2.75) is 33.4 Å². The summed E-state index contributed by atoms with van der Waals surface area (Å²) in [6, 6.07) is 4.03. The minimum atomic E-state index is 0.0900. The van der Waals surface area contributed by atoms with Gasteiger partial charge in [-0.15, -0.1) is 0 Å². The summed E-state index contributed by atoms with van der Waals surface area (Å²) in [4.78, 5) is 0. The van der Waals surface area contributed by atoms with Crippen molar-refractivity contribution in [3.05, 3.63) is 22.2 Å². The molecule has 1 N–H and O–H groups in total. The van der Waals surface area contributed by atoms with Crippen molar-refractivity contribution in [1.29, 1.82) is 0 Å². The van der Waals surface area contributed by atoms with E-state index in [1.54, 1.807) is 7.11 Å². The van der Waals surface area contributed by atoms with Crippen LogP contribution in [0.15, 0.2) is 16.6 Å². The number of hydrogen-bond acceptors (Lipinski definition) is 3. The number of halogens is 1. The summed E-state index contributed by atoms with van der Waals surface area (Å²) < 4.78 is 12.6. The standard InChI is InChI=1S/C14H20BrNO2/c1-14(2,3)12-8-16-7-9-5-10(15)6-11(17-4)13(9)18-12/h5-6,12,16H,7-8H2,1-4H3. The van der Waals surface area contributed by atoms with Crippen LogP contribution in [0.5, 0.6) is 11.5 Å². The molecule has 1 aliphatic heterocycles.